The van der Waals surface area contributed by atoms with E-state index < -0.39 is 27.9 Å². The van der Waals surface area contributed by atoms with Gasteiger partial charge in [0.05, 0.1) is 10.8 Å². The monoisotopic (exact) mass is 473 g/mol. The highest BCUT2D eigenvalue weighted by atomic mass is 32.2. The lowest BCUT2D eigenvalue weighted by molar-refractivity contribution is -0.136. The van der Waals surface area contributed by atoms with Gasteiger partial charge < -0.3 is 20.1 Å². The molecule has 2 aromatic carbocycles. The lowest BCUT2D eigenvalue weighted by atomic mass is 9.96. The Morgan fingerprint density at radius 1 is 1.09 bits per heavy atom. The van der Waals surface area contributed by atoms with Crippen LogP contribution < -0.4 is 19.9 Å². The maximum absolute atomic E-state index is 13.4. The van der Waals surface area contributed by atoms with Gasteiger partial charge in [-0.1, -0.05) is 30.3 Å². The van der Waals surface area contributed by atoms with Crippen LogP contribution in [0.2, 0.25) is 0 Å². The molecule has 3 N–H and O–H groups in total. The van der Waals surface area contributed by atoms with E-state index in [-0.39, 0.29) is 23.8 Å². The van der Waals surface area contributed by atoms with E-state index in [0.717, 1.165) is 5.56 Å². The van der Waals surface area contributed by atoms with Crippen molar-refractivity contribution < 1.29 is 27.5 Å². The van der Waals surface area contributed by atoms with Crippen LogP contribution in [0.15, 0.2) is 53.4 Å². The zero-order valence-electron chi connectivity index (χ0n) is 18.1. The first-order valence-corrected chi connectivity index (χ1v) is 12.4. The van der Waals surface area contributed by atoms with Crippen molar-refractivity contribution in [3.63, 3.8) is 0 Å². The van der Waals surface area contributed by atoms with Crippen LogP contribution in [0, 0.1) is 5.92 Å². The first kappa shape index (κ1) is 23.1. The van der Waals surface area contributed by atoms with Crippen LogP contribution in [0.1, 0.15) is 18.4 Å². The highest BCUT2D eigenvalue weighted by Gasteiger charge is 2.34. The molecule has 0 bridgehead atoms. The molecule has 2 aromatic rings. The summed E-state index contributed by atoms with van der Waals surface area (Å²) in [4.78, 5) is 26.6. The van der Waals surface area contributed by atoms with Crippen molar-refractivity contribution in [2.45, 2.75) is 30.2 Å². The molecule has 2 atom stereocenters. The molecule has 10 heteroatoms. The van der Waals surface area contributed by atoms with E-state index in [0.29, 0.717) is 44.1 Å². The van der Waals surface area contributed by atoms with Crippen molar-refractivity contribution >= 4 is 21.8 Å². The van der Waals surface area contributed by atoms with E-state index in [1.54, 1.807) is 6.07 Å². The van der Waals surface area contributed by atoms with E-state index in [9.17, 15) is 18.0 Å². The van der Waals surface area contributed by atoms with Gasteiger partial charge in [-0.05, 0) is 37.0 Å². The Morgan fingerprint density at radius 2 is 1.82 bits per heavy atom. The summed E-state index contributed by atoms with van der Waals surface area (Å²) >= 11 is 0. The molecule has 2 aliphatic heterocycles. The Morgan fingerprint density at radius 3 is 2.55 bits per heavy atom. The van der Waals surface area contributed by atoms with Crippen molar-refractivity contribution in [2.75, 3.05) is 26.3 Å². The Hall–Kier alpha value is -3.11. The normalized spacial score (nSPS) is 19.0. The highest BCUT2D eigenvalue weighted by molar-refractivity contribution is 7.89. The summed E-state index contributed by atoms with van der Waals surface area (Å²) in [7, 11) is -4.05. The van der Waals surface area contributed by atoms with Crippen LogP contribution >= 0.6 is 0 Å². The van der Waals surface area contributed by atoms with Gasteiger partial charge in [0.25, 0.3) is 0 Å². The molecule has 176 valence electrons. The fourth-order valence-electron chi connectivity index (χ4n) is 4.11. The number of nitrogens with two attached hydrogens (primary N) is 1. The van der Waals surface area contributed by atoms with Crippen LogP contribution in [0.5, 0.6) is 11.5 Å². The lowest BCUT2D eigenvalue weighted by Gasteiger charge is -2.34. The van der Waals surface area contributed by atoms with E-state index >= 15 is 0 Å². The molecular formula is C23H27N3O6S. The standard InChI is InChI=1S/C23H27N3O6S/c24-22(27)17-7-4-10-26(15-17)23(28)19(13-16-5-2-1-3-6-16)25-33(29,30)18-8-9-20-21(14-18)32-12-11-31-20/h1-3,5-6,8-9,14,17,19,25H,4,7,10-13,15H2,(H2,24,27)/t17-,19-/m0/s1. The number of hydrogen-bond acceptors (Lipinski definition) is 6. The summed E-state index contributed by atoms with van der Waals surface area (Å²) in [6.45, 7) is 1.35. The molecule has 9 nitrogen and oxygen atoms in total. The third-order valence-corrected chi connectivity index (χ3v) is 7.31. The van der Waals surface area contributed by atoms with Crippen molar-refractivity contribution in [3.8, 4) is 11.5 Å². The van der Waals surface area contributed by atoms with Gasteiger partial charge in [0.15, 0.2) is 11.5 Å². The number of nitrogens with one attached hydrogen (secondary N) is 1. The van der Waals surface area contributed by atoms with Gasteiger partial charge >= 0.3 is 0 Å². The minimum absolute atomic E-state index is 0.0220. The second-order valence-electron chi connectivity index (χ2n) is 8.19. The summed E-state index contributed by atoms with van der Waals surface area (Å²) in [5, 5.41) is 0. The second-order valence-corrected chi connectivity index (χ2v) is 9.91. The molecule has 2 aliphatic rings. The number of benzene rings is 2. The zero-order chi connectivity index (χ0) is 23.4. The number of amides is 2. The smallest absolute Gasteiger partial charge is 0.241 e. The van der Waals surface area contributed by atoms with Gasteiger partial charge in [-0.15, -0.1) is 0 Å². The number of piperidine rings is 1. The van der Waals surface area contributed by atoms with Crippen molar-refractivity contribution in [1.82, 2.24) is 9.62 Å². The SMILES string of the molecule is NC(=O)[C@H]1CCCN(C(=O)[C@H](Cc2ccccc2)NS(=O)(=O)c2ccc3c(c2)OCCO3)C1. The second kappa shape index (κ2) is 9.80. The number of ether oxygens (including phenoxy) is 2. The first-order chi connectivity index (χ1) is 15.8. The molecule has 33 heavy (non-hydrogen) atoms. The van der Waals surface area contributed by atoms with Gasteiger partial charge in [0, 0.05) is 19.2 Å². The number of carbonyl (C=O) groups is 2. The number of nitrogens with zero attached hydrogens (tertiary/aromatic N) is 1. The summed E-state index contributed by atoms with van der Waals surface area (Å²) in [6.07, 6.45) is 1.42. The fraction of sp³-hybridized carbons (Fsp3) is 0.391. The number of likely N-dealkylation sites (tertiary alicyclic amines) is 1. The number of sulfonamides is 1. The van der Waals surface area contributed by atoms with Crippen LogP contribution in [0.3, 0.4) is 0 Å². The van der Waals surface area contributed by atoms with Crippen LogP contribution in [-0.4, -0.2) is 57.5 Å². The van der Waals surface area contributed by atoms with Crippen LogP contribution in [-0.2, 0) is 26.0 Å². The molecule has 2 amide bonds. The average Bonchev–Trinajstić information content (AvgIpc) is 2.83. The molecule has 0 saturated carbocycles. The summed E-state index contributed by atoms with van der Waals surface area (Å²) < 4.78 is 40.0. The fourth-order valence-corrected chi connectivity index (χ4v) is 5.31. The molecule has 1 saturated heterocycles. The van der Waals surface area contributed by atoms with E-state index in [2.05, 4.69) is 4.72 Å². The molecule has 0 radical (unpaired) electrons. The number of fused-ring (bicyclic) bond motifs is 1. The average molecular weight is 474 g/mol. The predicted octanol–water partition coefficient (Wildman–Crippen LogP) is 1.07. The Labute approximate surface area is 192 Å². The maximum Gasteiger partial charge on any atom is 0.241 e. The number of carbonyl (C=O) groups excluding carboxylic acids is 2. The molecule has 1 fully saturated rings. The Bertz CT molecular complexity index is 1120. The minimum atomic E-state index is -4.05. The molecular weight excluding hydrogens is 446 g/mol. The quantitative estimate of drug-likeness (QED) is 0.619. The van der Waals surface area contributed by atoms with Crippen molar-refractivity contribution in [3.05, 3.63) is 54.1 Å². The van der Waals surface area contributed by atoms with E-state index in [1.807, 2.05) is 30.3 Å². The summed E-state index contributed by atoms with van der Waals surface area (Å²) in [6, 6.07) is 12.5. The Balaban J connectivity index is 1.59. The molecule has 4 rings (SSSR count). The molecule has 0 spiro atoms. The molecule has 0 aromatic heterocycles. The van der Waals surface area contributed by atoms with Crippen molar-refractivity contribution in [1.29, 1.82) is 0 Å². The van der Waals surface area contributed by atoms with Gasteiger partial charge in [0.2, 0.25) is 21.8 Å². The Kier molecular flexibility index (Phi) is 6.85. The molecule has 0 aliphatic carbocycles. The highest BCUT2D eigenvalue weighted by Crippen LogP contribution is 2.32. The lowest BCUT2D eigenvalue weighted by Crippen LogP contribution is -2.53. The van der Waals surface area contributed by atoms with Crippen LogP contribution in [0.25, 0.3) is 0 Å². The predicted molar refractivity (Wildman–Crippen MR) is 120 cm³/mol. The van der Waals surface area contributed by atoms with Gasteiger partial charge in [0.1, 0.15) is 19.3 Å². The third kappa shape index (κ3) is 5.45. The first-order valence-electron chi connectivity index (χ1n) is 10.9. The number of rotatable bonds is 7. The van der Waals surface area contributed by atoms with E-state index in [1.165, 1.54) is 17.0 Å². The summed E-state index contributed by atoms with van der Waals surface area (Å²) in [5.74, 6) is -0.456. The zero-order valence-corrected chi connectivity index (χ0v) is 18.9. The third-order valence-electron chi connectivity index (χ3n) is 5.84. The van der Waals surface area contributed by atoms with Crippen molar-refractivity contribution in [2.24, 2.45) is 11.7 Å². The van der Waals surface area contributed by atoms with Gasteiger partial charge in [-0.25, -0.2) is 8.42 Å². The number of primary amides is 1. The van der Waals surface area contributed by atoms with Crippen LogP contribution in [0.4, 0.5) is 0 Å². The maximum atomic E-state index is 13.4. The largest absolute Gasteiger partial charge is 0.486 e. The molecule has 2 heterocycles. The minimum Gasteiger partial charge on any atom is -0.486 e. The summed E-state index contributed by atoms with van der Waals surface area (Å²) in [5.41, 5.74) is 6.26. The van der Waals surface area contributed by atoms with Gasteiger partial charge in [-0.3, -0.25) is 9.59 Å². The topological polar surface area (TPSA) is 128 Å². The van der Waals surface area contributed by atoms with E-state index in [4.69, 9.17) is 15.2 Å². The molecule has 0 unspecified atom stereocenters. The van der Waals surface area contributed by atoms with Gasteiger partial charge in [-0.2, -0.15) is 4.72 Å². The number of hydrogen-bond donors (Lipinski definition) is 2.